The van der Waals surface area contributed by atoms with Crippen LogP contribution in [-0.2, 0) is 4.79 Å². The van der Waals surface area contributed by atoms with E-state index in [2.05, 4.69) is 12.2 Å². The normalized spacial score (nSPS) is 21.8. The van der Waals surface area contributed by atoms with Crippen LogP contribution in [0.25, 0.3) is 0 Å². The molecule has 104 valence electrons. The Morgan fingerprint density at radius 2 is 2.06 bits per heavy atom. The molecule has 0 aromatic carbocycles. The highest BCUT2D eigenvalue weighted by atomic mass is 16.4. The van der Waals surface area contributed by atoms with E-state index in [9.17, 15) is 9.59 Å². The van der Waals surface area contributed by atoms with Gasteiger partial charge >= 0.3 is 12.0 Å². The van der Waals surface area contributed by atoms with E-state index >= 15 is 0 Å². The predicted molar refractivity (Wildman–Crippen MR) is 69.4 cm³/mol. The Balaban J connectivity index is 2.60. The third-order valence-electron chi connectivity index (χ3n) is 3.43. The molecular formula is C13H24N2O3. The van der Waals surface area contributed by atoms with E-state index in [1.54, 1.807) is 4.90 Å². The van der Waals surface area contributed by atoms with Crippen LogP contribution < -0.4 is 5.32 Å². The number of amides is 2. The van der Waals surface area contributed by atoms with Crippen molar-refractivity contribution >= 4 is 12.0 Å². The molecule has 1 aliphatic rings. The maximum absolute atomic E-state index is 12.1. The summed E-state index contributed by atoms with van der Waals surface area (Å²) >= 11 is 0. The summed E-state index contributed by atoms with van der Waals surface area (Å²) in [6, 6.07) is -0.487. The van der Waals surface area contributed by atoms with Crippen LogP contribution >= 0.6 is 0 Å². The molecule has 1 aliphatic heterocycles. The summed E-state index contributed by atoms with van der Waals surface area (Å²) in [5.74, 6) is -0.353. The summed E-state index contributed by atoms with van der Waals surface area (Å²) in [7, 11) is 0. The molecule has 1 rings (SSSR count). The van der Waals surface area contributed by atoms with Gasteiger partial charge in [-0.2, -0.15) is 0 Å². The van der Waals surface area contributed by atoms with Crippen molar-refractivity contribution in [3.05, 3.63) is 0 Å². The lowest BCUT2D eigenvalue weighted by Crippen LogP contribution is -2.49. The fourth-order valence-electron chi connectivity index (χ4n) is 2.11. The first kappa shape index (κ1) is 14.8. The van der Waals surface area contributed by atoms with E-state index in [-0.39, 0.29) is 23.9 Å². The maximum atomic E-state index is 12.1. The van der Waals surface area contributed by atoms with Crippen LogP contribution in [-0.4, -0.2) is 41.1 Å². The zero-order chi connectivity index (χ0) is 13.9. The molecule has 0 aliphatic carbocycles. The lowest BCUT2D eigenvalue weighted by atomic mass is 9.85. The second-order valence-corrected chi connectivity index (χ2v) is 6.31. The first-order valence-electron chi connectivity index (χ1n) is 6.47. The summed E-state index contributed by atoms with van der Waals surface area (Å²) in [6.07, 6.45) is 0.977. The van der Waals surface area contributed by atoms with E-state index in [1.165, 1.54) is 0 Å². The number of aliphatic carboxylic acids is 1. The van der Waals surface area contributed by atoms with E-state index in [1.807, 2.05) is 20.8 Å². The van der Waals surface area contributed by atoms with Crippen LogP contribution in [0.5, 0.6) is 0 Å². The molecule has 0 bridgehead atoms. The number of carboxylic acids is 1. The second-order valence-electron chi connectivity index (χ2n) is 6.31. The predicted octanol–water partition coefficient (Wildman–Crippen LogP) is 1.93. The van der Waals surface area contributed by atoms with Crippen LogP contribution in [0.2, 0.25) is 0 Å². The molecule has 2 amide bonds. The summed E-state index contributed by atoms with van der Waals surface area (Å²) in [5.41, 5.74) is -0.264. The van der Waals surface area contributed by atoms with Crippen LogP contribution in [0.15, 0.2) is 0 Å². The molecule has 18 heavy (non-hydrogen) atoms. The van der Waals surface area contributed by atoms with Gasteiger partial charge in [-0.25, -0.2) is 4.79 Å². The van der Waals surface area contributed by atoms with E-state index in [4.69, 9.17) is 5.11 Å². The summed E-state index contributed by atoms with van der Waals surface area (Å²) < 4.78 is 0. The monoisotopic (exact) mass is 256 g/mol. The Labute approximate surface area is 109 Å². The van der Waals surface area contributed by atoms with Crippen molar-refractivity contribution in [2.75, 3.05) is 13.1 Å². The Hall–Kier alpha value is -1.26. The molecule has 1 saturated heterocycles. The van der Waals surface area contributed by atoms with Gasteiger partial charge in [-0.15, -0.1) is 0 Å². The minimum absolute atomic E-state index is 0.0430. The van der Waals surface area contributed by atoms with Gasteiger partial charge in [0.05, 0.1) is 6.42 Å². The van der Waals surface area contributed by atoms with Gasteiger partial charge in [0.2, 0.25) is 0 Å². The third kappa shape index (κ3) is 4.20. The largest absolute Gasteiger partial charge is 0.481 e. The number of rotatable bonds is 3. The van der Waals surface area contributed by atoms with Crippen molar-refractivity contribution < 1.29 is 14.7 Å². The van der Waals surface area contributed by atoms with E-state index in [0.717, 1.165) is 19.5 Å². The standard InChI is InChI=1S/C13H24N2O3/c1-9-5-6-15(8-9)12(18)14-10(7-11(16)17)13(2,3)4/h9-10H,5-8H2,1-4H3,(H,14,18)(H,16,17). The lowest BCUT2D eigenvalue weighted by Gasteiger charge is -2.32. The van der Waals surface area contributed by atoms with Crippen LogP contribution in [0, 0.1) is 11.3 Å². The fourth-order valence-corrected chi connectivity index (χ4v) is 2.11. The van der Waals surface area contributed by atoms with Crippen molar-refractivity contribution in [2.24, 2.45) is 11.3 Å². The maximum Gasteiger partial charge on any atom is 0.317 e. The van der Waals surface area contributed by atoms with Gasteiger partial charge in [-0.3, -0.25) is 4.79 Å². The van der Waals surface area contributed by atoms with Crippen molar-refractivity contribution in [3.8, 4) is 0 Å². The Bertz CT molecular complexity index is 323. The molecule has 0 saturated carbocycles. The summed E-state index contributed by atoms with van der Waals surface area (Å²) in [5, 5.41) is 11.8. The quantitative estimate of drug-likeness (QED) is 0.810. The lowest BCUT2D eigenvalue weighted by molar-refractivity contribution is -0.138. The molecule has 5 heteroatoms. The molecule has 0 aromatic heterocycles. The van der Waals surface area contributed by atoms with Crippen LogP contribution in [0.4, 0.5) is 4.79 Å². The Morgan fingerprint density at radius 3 is 2.44 bits per heavy atom. The molecule has 1 fully saturated rings. The van der Waals surface area contributed by atoms with E-state index < -0.39 is 5.97 Å². The third-order valence-corrected chi connectivity index (χ3v) is 3.43. The molecule has 2 N–H and O–H groups in total. The summed E-state index contributed by atoms with van der Waals surface area (Å²) in [6.45, 7) is 9.45. The molecule has 0 radical (unpaired) electrons. The summed E-state index contributed by atoms with van der Waals surface area (Å²) in [4.78, 5) is 24.7. The number of carboxylic acid groups (broad SMARTS) is 1. The number of carbonyl (C=O) groups excluding carboxylic acids is 1. The number of nitrogens with one attached hydrogen (secondary N) is 1. The number of likely N-dealkylation sites (tertiary alicyclic amines) is 1. The number of urea groups is 1. The molecule has 0 aromatic rings. The SMILES string of the molecule is CC1CCN(C(=O)NC(CC(=O)O)C(C)(C)C)C1. The molecule has 0 spiro atoms. The first-order valence-corrected chi connectivity index (χ1v) is 6.47. The van der Waals surface area contributed by atoms with Crippen LogP contribution in [0.1, 0.15) is 40.5 Å². The Morgan fingerprint density at radius 1 is 1.44 bits per heavy atom. The molecule has 2 atom stereocenters. The fraction of sp³-hybridized carbons (Fsp3) is 0.846. The average Bonchev–Trinajstić information content (AvgIpc) is 2.61. The highest BCUT2D eigenvalue weighted by molar-refractivity contribution is 5.76. The molecular weight excluding hydrogens is 232 g/mol. The van der Waals surface area contributed by atoms with Gasteiger partial charge in [0, 0.05) is 19.1 Å². The zero-order valence-corrected chi connectivity index (χ0v) is 11.7. The zero-order valence-electron chi connectivity index (χ0n) is 11.7. The van der Waals surface area contributed by atoms with Gasteiger partial charge in [0.1, 0.15) is 0 Å². The van der Waals surface area contributed by atoms with Gasteiger partial charge in [-0.1, -0.05) is 27.7 Å². The molecule has 1 heterocycles. The van der Waals surface area contributed by atoms with Gasteiger partial charge in [0.15, 0.2) is 0 Å². The van der Waals surface area contributed by atoms with Crippen LogP contribution in [0.3, 0.4) is 0 Å². The highest BCUT2D eigenvalue weighted by Gasteiger charge is 2.31. The van der Waals surface area contributed by atoms with Gasteiger partial charge in [-0.05, 0) is 17.8 Å². The number of carbonyl (C=O) groups is 2. The van der Waals surface area contributed by atoms with E-state index in [0.29, 0.717) is 5.92 Å². The van der Waals surface area contributed by atoms with Crippen molar-refractivity contribution in [2.45, 2.75) is 46.6 Å². The smallest absolute Gasteiger partial charge is 0.317 e. The molecule has 5 nitrogen and oxygen atoms in total. The van der Waals surface area contributed by atoms with Crippen molar-refractivity contribution in [1.29, 1.82) is 0 Å². The topological polar surface area (TPSA) is 69.6 Å². The number of hydrogen-bond donors (Lipinski definition) is 2. The highest BCUT2D eigenvalue weighted by Crippen LogP contribution is 2.23. The average molecular weight is 256 g/mol. The number of hydrogen-bond acceptors (Lipinski definition) is 2. The number of nitrogens with zero attached hydrogens (tertiary/aromatic N) is 1. The minimum Gasteiger partial charge on any atom is -0.481 e. The first-order chi connectivity index (χ1) is 8.20. The van der Waals surface area contributed by atoms with Crippen molar-refractivity contribution in [1.82, 2.24) is 10.2 Å². The molecule has 2 unspecified atom stereocenters. The van der Waals surface area contributed by atoms with Gasteiger partial charge < -0.3 is 15.3 Å². The minimum atomic E-state index is -0.884. The van der Waals surface area contributed by atoms with Crippen molar-refractivity contribution in [3.63, 3.8) is 0 Å². The second kappa shape index (κ2) is 5.59. The Kier molecular flexibility index (Phi) is 4.59. The van der Waals surface area contributed by atoms with Gasteiger partial charge in [0.25, 0.3) is 0 Å².